The van der Waals surface area contributed by atoms with Crippen molar-refractivity contribution in [1.82, 2.24) is 0 Å². The first kappa shape index (κ1) is 112. The van der Waals surface area contributed by atoms with Gasteiger partial charge >= 0.3 is 0 Å². The molecule has 0 heterocycles. The molecule has 0 saturated heterocycles. The average molecular weight is 1980 g/mol. The first-order valence-corrected chi connectivity index (χ1v) is 54.6. The van der Waals surface area contributed by atoms with Gasteiger partial charge in [-0.25, -0.2) is 26.3 Å². The summed E-state index contributed by atoms with van der Waals surface area (Å²) in [6.07, 6.45) is 25.7. The monoisotopic (exact) mass is 1980 g/mol. The molecule has 6 heteroatoms. The molecule has 0 saturated carbocycles. The number of unbranched alkanes of at least 4 members (excludes halogenated alkanes) is 4. The van der Waals surface area contributed by atoms with E-state index in [0.29, 0.717) is 33.4 Å². The highest BCUT2D eigenvalue weighted by molar-refractivity contribution is 5.78. The molecule has 0 nitrogen and oxygen atoms in total. The highest BCUT2D eigenvalue weighted by atomic mass is 19.1. The summed E-state index contributed by atoms with van der Waals surface area (Å²) < 4.78 is 87.9. The molecule has 0 aliphatic carbocycles. The van der Waals surface area contributed by atoms with E-state index in [-0.39, 0.29) is 34.9 Å². The van der Waals surface area contributed by atoms with Gasteiger partial charge in [0.05, 0.1) is 0 Å². The first-order valence-electron chi connectivity index (χ1n) is 54.6. The molecule has 18 rings (SSSR count). The summed E-state index contributed by atoms with van der Waals surface area (Å²) in [4.78, 5) is 0. The summed E-state index contributed by atoms with van der Waals surface area (Å²) >= 11 is 0. The third-order valence-electron chi connectivity index (χ3n) is 28.0. The fraction of sp³-hybridized carbons (Fsp3) is 0.245. The highest BCUT2D eigenvalue weighted by Gasteiger charge is 2.17. The molecule has 762 valence electrons. The van der Waals surface area contributed by atoms with Crippen LogP contribution in [-0.2, 0) is 77.0 Å². The van der Waals surface area contributed by atoms with Gasteiger partial charge in [0.25, 0.3) is 0 Å². The van der Waals surface area contributed by atoms with Gasteiger partial charge in [0.1, 0.15) is 34.9 Å². The molecule has 18 aromatic carbocycles. The predicted molar refractivity (Wildman–Crippen MR) is 627 cm³/mol. The second kappa shape index (κ2) is 58.3. The molecular formula is C143H148F6. The smallest absolute Gasteiger partial charge is 0.131 e. The van der Waals surface area contributed by atoms with E-state index >= 15 is 0 Å². The van der Waals surface area contributed by atoms with Crippen molar-refractivity contribution in [1.29, 1.82) is 0 Å². The molecule has 0 aliphatic heterocycles. The molecule has 0 aromatic heterocycles. The van der Waals surface area contributed by atoms with Crippen molar-refractivity contribution in [2.75, 3.05) is 0 Å². The summed E-state index contributed by atoms with van der Waals surface area (Å²) in [6.45, 7) is 26.0. The van der Waals surface area contributed by atoms with E-state index < -0.39 is 0 Å². The maximum Gasteiger partial charge on any atom is 0.131 e. The van der Waals surface area contributed by atoms with Crippen molar-refractivity contribution in [2.45, 2.75) is 231 Å². The molecule has 149 heavy (non-hydrogen) atoms. The molecular weight excluding hydrogens is 1830 g/mol. The Balaban J connectivity index is 0.000000149. The van der Waals surface area contributed by atoms with Crippen LogP contribution < -0.4 is 0 Å². The zero-order chi connectivity index (χ0) is 105. The van der Waals surface area contributed by atoms with Gasteiger partial charge in [0.15, 0.2) is 0 Å². The van der Waals surface area contributed by atoms with E-state index in [1.54, 1.807) is 36.4 Å². The molecule has 0 fully saturated rings. The van der Waals surface area contributed by atoms with E-state index in [1.807, 2.05) is 146 Å². The molecule has 0 radical (unpaired) electrons. The van der Waals surface area contributed by atoms with Gasteiger partial charge in [-0.1, -0.05) is 498 Å². The lowest BCUT2D eigenvalue weighted by Gasteiger charge is -2.09. The summed E-state index contributed by atoms with van der Waals surface area (Å²) in [6, 6.07) is 133. The number of halogens is 6. The summed E-state index contributed by atoms with van der Waals surface area (Å²) in [5.41, 5.74) is 37.1. The zero-order valence-corrected chi connectivity index (χ0v) is 89.6. The van der Waals surface area contributed by atoms with Gasteiger partial charge in [-0.05, 0) is 300 Å². The lowest BCUT2D eigenvalue weighted by molar-refractivity contribution is 0.631. The Morgan fingerprint density at radius 1 is 0.114 bits per heavy atom. The van der Waals surface area contributed by atoms with Gasteiger partial charge in [0, 0.05) is 33.4 Å². The van der Waals surface area contributed by atoms with E-state index in [4.69, 9.17) is 0 Å². The van der Waals surface area contributed by atoms with Crippen LogP contribution in [0.3, 0.4) is 0 Å². The van der Waals surface area contributed by atoms with Gasteiger partial charge in [-0.15, -0.1) is 0 Å². The quantitative estimate of drug-likeness (QED) is 0.0274. The third kappa shape index (κ3) is 32.5. The molecule has 18 aromatic rings. The van der Waals surface area contributed by atoms with Gasteiger partial charge in [-0.3, -0.25) is 0 Å². The molecule has 0 amide bonds. The predicted octanol–water partition coefficient (Wildman–Crippen LogP) is 42.0. The van der Waals surface area contributed by atoms with Crippen LogP contribution in [0.5, 0.6) is 0 Å². The maximum atomic E-state index is 14.7. The number of benzene rings is 18. The van der Waals surface area contributed by atoms with Crippen LogP contribution in [0.1, 0.15) is 220 Å². The fourth-order valence-corrected chi connectivity index (χ4v) is 18.7. The Morgan fingerprint density at radius 2 is 0.242 bits per heavy atom. The molecule has 0 atom stereocenters. The number of hydrogen-bond donors (Lipinski definition) is 0. The van der Waals surface area contributed by atoms with Crippen molar-refractivity contribution in [3.05, 3.63) is 502 Å². The van der Waals surface area contributed by atoms with Crippen molar-refractivity contribution in [2.24, 2.45) is 0 Å². The van der Waals surface area contributed by atoms with Crippen LogP contribution in [-0.4, -0.2) is 0 Å². The normalized spacial score (nSPS) is 10.8. The topological polar surface area (TPSA) is 0 Å². The molecule has 0 aliphatic rings. The minimum atomic E-state index is -0.172. The van der Waals surface area contributed by atoms with Crippen molar-refractivity contribution in [3.8, 4) is 134 Å². The minimum absolute atomic E-state index is 0.166. The number of rotatable bonds is 35. The number of aryl methyl sites for hydroxylation is 12. The molecule has 0 N–H and O–H groups in total. The summed E-state index contributed by atoms with van der Waals surface area (Å²) in [7, 11) is 0. The van der Waals surface area contributed by atoms with Crippen molar-refractivity contribution in [3.63, 3.8) is 0 Å². The van der Waals surface area contributed by atoms with Crippen LogP contribution >= 0.6 is 0 Å². The SMILES string of the molecule is CCCCCc1ccc(-c2ccc(-c3ccc(CC)cc3)cc2F)cc1.CCCCc1ccc(-c2ccc(-c3ccc(CC)cc3)c(F)c2)cc1.CCCCc1ccc(-c2ccc(-c3ccc(CC)cc3)cc2F)cc1.CCCc1ccc(-c2ccc(-c3ccc(CC)cc3)c(F)c2)cc1.CCCc1ccc(-c2ccc(-c3ccc(CC)cc3)cc2F)cc1.CCCc1ccc(-c2ccc(-c3ccc(CCC)cc3)c(F)c2)cc1. The van der Waals surface area contributed by atoms with Crippen LogP contribution in [0.25, 0.3) is 134 Å². The highest BCUT2D eigenvalue weighted by Crippen LogP contribution is 2.38. The van der Waals surface area contributed by atoms with Gasteiger partial charge in [-0.2, -0.15) is 0 Å². The lowest BCUT2D eigenvalue weighted by Crippen LogP contribution is -1.89. The van der Waals surface area contributed by atoms with Gasteiger partial charge < -0.3 is 0 Å². The first-order chi connectivity index (χ1) is 72.7. The van der Waals surface area contributed by atoms with Crippen LogP contribution in [0, 0.1) is 34.9 Å². The van der Waals surface area contributed by atoms with Crippen LogP contribution in [0.2, 0.25) is 0 Å². The second-order valence-corrected chi connectivity index (χ2v) is 39.0. The Hall–Kier alpha value is -14.5. The summed E-state index contributed by atoms with van der Waals surface area (Å²) in [5, 5.41) is 0. The fourth-order valence-electron chi connectivity index (χ4n) is 18.7. The van der Waals surface area contributed by atoms with E-state index in [0.717, 1.165) is 203 Å². The molecule has 0 bridgehead atoms. The maximum absolute atomic E-state index is 14.7. The van der Waals surface area contributed by atoms with Crippen LogP contribution in [0.15, 0.2) is 400 Å². The zero-order valence-electron chi connectivity index (χ0n) is 89.6. The molecule has 0 spiro atoms. The van der Waals surface area contributed by atoms with E-state index in [1.165, 1.54) is 112 Å². The Bertz CT molecular complexity index is 7100. The van der Waals surface area contributed by atoms with Crippen molar-refractivity contribution < 1.29 is 26.3 Å². The largest absolute Gasteiger partial charge is 0.206 e. The number of hydrogen-bond acceptors (Lipinski definition) is 0. The van der Waals surface area contributed by atoms with E-state index in [2.05, 4.69) is 301 Å². The van der Waals surface area contributed by atoms with Gasteiger partial charge in [0.2, 0.25) is 0 Å². The van der Waals surface area contributed by atoms with Crippen molar-refractivity contribution >= 4 is 0 Å². The summed E-state index contributed by atoms with van der Waals surface area (Å²) in [5.74, 6) is -1.01. The van der Waals surface area contributed by atoms with E-state index in [9.17, 15) is 26.3 Å². The average Bonchev–Trinajstić information content (AvgIpc) is 0.829. The Kier molecular flexibility index (Phi) is 43.7. The lowest BCUT2D eigenvalue weighted by atomic mass is 9.97. The van der Waals surface area contributed by atoms with Crippen LogP contribution in [0.4, 0.5) is 26.3 Å². The Labute approximate surface area is 886 Å². The molecule has 0 unspecified atom stereocenters. The third-order valence-corrected chi connectivity index (χ3v) is 28.0. The second-order valence-electron chi connectivity index (χ2n) is 39.0. The minimum Gasteiger partial charge on any atom is -0.206 e. The Morgan fingerprint density at radius 3 is 0.376 bits per heavy atom. The standard InChI is InChI=1S/C25H27F.3C24H25F.2C23H23F/c1-3-5-6-7-20-10-14-22(15-11-20)24-17-16-23(18-25(24)26)21-12-8-19(4-2)9-13-21;1-3-5-6-19-9-11-20(12-10-19)22-15-16-23(24(25)17-22)21-13-7-18(4-2)8-14-21;1-3-5-6-19-9-13-21(14-10-19)23-16-15-22(17-24(23)25)20-11-7-18(4-2)8-12-20;1-3-5-18-7-11-20(12-8-18)22-15-16-23(24(25)17-22)21-13-9-19(6-4-2)10-14-21;1-3-5-18-8-10-19(11-9-18)21-14-15-22(23(24)16-21)20-12-6-17(4-2)7-13-20;1-3-5-18-8-12-20(13-9-18)22-15-14-21(16-23(22)24)19-10-6-17(4-2)7-11-19/h8-18H,3-7H2,1-2H3;3*7-17H,3-6H2,1-2H3;2*6-16H,3-5H2,1-2H3.